The summed E-state index contributed by atoms with van der Waals surface area (Å²) in [4.78, 5) is 4.52. The molecule has 0 atom stereocenters. The number of ether oxygens (including phenoxy) is 1. The molecular formula is C12H13N3OS. The maximum Gasteiger partial charge on any atom is 0.188 e. The van der Waals surface area contributed by atoms with Gasteiger partial charge in [-0.1, -0.05) is 24.8 Å². The maximum absolute atomic E-state index is 5.43. The zero-order chi connectivity index (χ0) is 11.8. The number of hydrogen-bond donors (Lipinski definition) is 2. The van der Waals surface area contributed by atoms with Crippen LogP contribution in [0, 0.1) is 0 Å². The maximum atomic E-state index is 5.43. The lowest BCUT2D eigenvalue weighted by molar-refractivity contribution is 0.373. The normalized spacial score (nSPS) is 13.0. The molecule has 2 heterocycles. The van der Waals surface area contributed by atoms with Gasteiger partial charge in [-0.05, 0) is 12.5 Å². The molecule has 4 nitrogen and oxygen atoms in total. The lowest BCUT2D eigenvalue weighted by Gasteiger charge is -2.00. The average molecular weight is 247 g/mol. The Hall–Kier alpha value is -1.75. The fourth-order valence-electron chi connectivity index (χ4n) is 1.70. The molecular weight excluding hydrogens is 234 g/mol. The van der Waals surface area contributed by atoms with Crippen LogP contribution in [0.1, 0.15) is 13.3 Å². The molecule has 0 saturated carbocycles. The molecule has 3 rings (SSSR count). The lowest BCUT2D eigenvalue weighted by atomic mass is 10.3. The van der Waals surface area contributed by atoms with Crippen molar-refractivity contribution in [3.05, 3.63) is 24.4 Å². The molecule has 17 heavy (non-hydrogen) atoms. The first kappa shape index (κ1) is 10.4. The molecule has 0 bridgehead atoms. The second-order valence-corrected chi connectivity index (χ2v) is 4.91. The van der Waals surface area contributed by atoms with Crippen LogP contribution in [-0.4, -0.2) is 11.7 Å². The summed E-state index contributed by atoms with van der Waals surface area (Å²) in [5.41, 5.74) is 2.98. The molecule has 1 aliphatic rings. The van der Waals surface area contributed by atoms with Gasteiger partial charge in [0.05, 0.1) is 15.9 Å². The molecule has 88 valence electrons. The summed E-state index contributed by atoms with van der Waals surface area (Å²) in [6, 6.07) is 4.05. The second kappa shape index (κ2) is 3.92. The number of hydrogen-bond acceptors (Lipinski definition) is 5. The van der Waals surface area contributed by atoms with Gasteiger partial charge in [-0.3, -0.25) is 0 Å². The van der Waals surface area contributed by atoms with E-state index in [9.17, 15) is 0 Å². The van der Waals surface area contributed by atoms with Crippen LogP contribution in [0.4, 0.5) is 10.8 Å². The molecule has 0 spiro atoms. The zero-order valence-electron chi connectivity index (χ0n) is 9.54. The molecule has 1 aromatic carbocycles. The standard InChI is InChI=1S/C12H13N3OS/c1-3-7(2)14-12-15-9-4-10-8(13-6-16-10)5-11(9)17-12/h4-5,13H,2-3,6H2,1H3,(H,14,15). The topological polar surface area (TPSA) is 46.2 Å². The van der Waals surface area contributed by atoms with E-state index in [1.807, 2.05) is 6.07 Å². The van der Waals surface area contributed by atoms with Gasteiger partial charge in [-0.15, -0.1) is 0 Å². The van der Waals surface area contributed by atoms with E-state index in [4.69, 9.17) is 4.74 Å². The van der Waals surface area contributed by atoms with Crippen LogP contribution in [0.3, 0.4) is 0 Å². The van der Waals surface area contributed by atoms with Crippen molar-refractivity contribution in [3.63, 3.8) is 0 Å². The van der Waals surface area contributed by atoms with Crippen molar-refractivity contribution in [1.82, 2.24) is 4.98 Å². The van der Waals surface area contributed by atoms with Gasteiger partial charge in [0.1, 0.15) is 5.75 Å². The van der Waals surface area contributed by atoms with E-state index in [1.54, 1.807) is 11.3 Å². The third-order valence-electron chi connectivity index (χ3n) is 2.69. The summed E-state index contributed by atoms with van der Waals surface area (Å²) in [7, 11) is 0. The monoisotopic (exact) mass is 247 g/mol. The molecule has 1 aromatic heterocycles. The fourth-order valence-corrected chi connectivity index (χ4v) is 2.63. The number of thiazole rings is 1. The van der Waals surface area contributed by atoms with Gasteiger partial charge < -0.3 is 15.4 Å². The van der Waals surface area contributed by atoms with Crippen LogP contribution in [0.25, 0.3) is 10.2 Å². The van der Waals surface area contributed by atoms with Crippen molar-refractivity contribution in [2.24, 2.45) is 0 Å². The number of rotatable bonds is 3. The van der Waals surface area contributed by atoms with Crippen LogP contribution in [0.2, 0.25) is 0 Å². The summed E-state index contributed by atoms with van der Waals surface area (Å²) in [6.45, 7) is 6.53. The molecule has 0 amide bonds. The number of nitrogens with zero attached hydrogens (tertiary/aromatic N) is 1. The highest BCUT2D eigenvalue weighted by atomic mass is 32.1. The number of benzene rings is 1. The average Bonchev–Trinajstić information content (AvgIpc) is 2.90. The third kappa shape index (κ3) is 1.82. The molecule has 2 N–H and O–H groups in total. The zero-order valence-corrected chi connectivity index (χ0v) is 10.4. The van der Waals surface area contributed by atoms with Gasteiger partial charge in [0.15, 0.2) is 11.9 Å². The van der Waals surface area contributed by atoms with Crippen LogP contribution in [-0.2, 0) is 0 Å². The van der Waals surface area contributed by atoms with Crippen molar-refractivity contribution >= 4 is 32.4 Å². The number of allylic oxidation sites excluding steroid dienone is 1. The molecule has 0 saturated heterocycles. The highest BCUT2D eigenvalue weighted by molar-refractivity contribution is 7.22. The quantitative estimate of drug-likeness (QED) is 0.872. The lowest BCUT2D eigenvalue weighted by Crippen LogP contribution is -1.96. The Labute approximate surface area is 103 Å². The Morgan fingerprint density at radius 3 is 3.35 bits per heavy atom. The van der Waals surface area contributed by atoms with E-state index in [0.29, 0.717) is 6.73 Å². The number of aromatic nitrogens is 1. The second-order valence-electron chi connectivity index (χ2n) is 3.88. The van der Waals surface area contributed by atoms with E-state index in [0.717, 1.165) is 38.9 Å². The minimum Gasteiger partial charge on any atom is -0.471 e. The first-order valence-corrected chi connectivity index (χ1v) is 6.34. The number of fused-ring (bicyclic) bond motifs is 2. The largest absolute Gasteiger partial charge is 0.471 e. The van der Waals surface area contributed by atoms with Crippen molar-refractivity contribution in [1.29, 1.82) is 0 Å². The molecule has 5 heteroatoms. The summed E-state index contributed by atoms with van der Waals surface area (Å²) in [5, 5.41) is 7.26. The Morgan fingerprint density at radius 1 is 1.65 bits per heavy atom. The predicted molar refractivity (Wildman–Crippen MR) is 71.8 cm³/mol. The van der Waals surface area contributed by atoms with Gasteiger partial charge >= 0.3 is 0 Å². The summed E-state index contributed by atoms with van der Waals surface area (Å²) < 4.78 is 6.58. The van der Waals surface area contributed by atoms with Crippen LogP contribution in [0.5, 0.6) is 5.75 Å². The molecule has 2 aromatic rings. The summed E-state index contributed by atoms with van der Waals surface area (Å²) in [6.07, 6.45) is 0.900. The van der Waals surface area contributed by atoms with E-state index in [1.165, 1.54) is 0 Å². The minimum absolute atomic E-state index is 0.546. The van der Waals surface area contributed by atoms with E-state index >= 15 is 0 Å². The summed E-state index contributed by atoms with van der Waals surface area (Å²) >= 11 is 1.63. The van der Waals surface area contributed by atoms with Gasteiger partial charge in [-0.2, -0.15) is 0 Å². The van der Waals surface area contributed by atoms with Crippen molar-refractivity contribution in [2.75, 3.05) is 17.4 Å². The van der Waals surface area contributed by atoms with E-state index < -0.39 is 0 Å². The molecule has 1 aliphatic heterocycles. The van der Waals surface area contributed by atoms with Gasteiger partial charge in [0, 0.05) is 11.8 Å². The SMILES string of the molecule is C=C(CC)Nc1nc2cc3c(cc2s1)NCO3. The number of nitrogens with one attached hydrogen (secondary N) is 2. The predicted octanol–water partition coefficient (Wildman–Crippen LogP) is 3.39. The number of anilines is 2. The van der Waals surface area contributed by atoms with Crippen LogP contribution >= 0.6 is 11.3 Å². The molecule has 0 aliphatic carbocycles. The Morgan fingerprint density at radius 2 is 2.53 bits per heavy atom. The Kier molecular flexibility index (Phi) is 2.40. The fraction of sp³-hybridized carbons (Fsp3) is 0.250. The summed E-state index contributed by atoms with van der Waals surface area (Å²) in [5.74, 6) is 0.878. The Bertz CT molecular complexity index is 550. The third-order valence-corrected chi connectivity index (χ3v) is 3.62. The minimum atomic E-state index is 0.546. The van der Waals surface area contributed by atoms with E-state index in [2.05, 4.69) is 35.2 Å². The molecule has 0 fully saturated rings. The highest BCUT2D eigenvalue weighted by Crippen LogP contribution is 2.37. The van der Waals surface area contributed by atoms with Crippen molar-refractivity contribution in [2.45, 2.75) is 13.3 Å². The first-order chi connectivity index (χ1) is 8.26. The van der Waals surface area contributed by atoms with Gasteiger partial charge in [-0.25, -0.2) is 4.98 Å². The highest BCUT2D eigenvalue weighted by Gasteiger charge is 2.14. The Balaban J connectivity index is 1.99. The molecule has 0 radical (unpaired) electrons. The van der Waals surface area contributed by atoms with Gasteiger partial charge in [0.2, 0.25) is 0 Å². The molecule has 0 unspecified atom stereocenters. The van der Waals surface area contributed by atoms with Crippen LogP contribution < -0.4 is 15.4 Å². The first-order valence-electron chi connectivity index (χ1n) is 5.52. The van der Waals surface area contributed by atoms with E-state index in [-0.39, 0.29) is 0 Å². The van der Waals surface area contributed by atoms with Crippen molar-refractivity contribution in [3.8, 4) is 5.75 Å². The van der Waals surface area contributed by atoms with Crippen LogP contribution in [0.15, 0.2) is 24.4 Å². The smallest absolute Gasteiger partial charge is 0.188 e. The van der Waals surface area contributed by atoms with Crippen molar-refractivity contribution < 1.29 is 4.74 Å². The van der Waals surface area contributed by atoms with Gasteiger partial charge in [0.25, 0.3) is 0 Å².